The normalized spacial score (nSPS) is 11.5. The van der Waals surface area contributed by atoms with E-state index in [9.17, 15) is 0 Å². The molecule has 2 N–H and O–H groups in total. The summed E-state index contributed by atoms with van der Waals surface area (Å²) in [6.45, 7) is 4.65. The van der Waals surface area contributed by atoms with E-state index in [2.05, 4.69) is 45.7 Å². The van der Waals surface area contributed by atoms with Gasteiger partial charge in [0, 0.05) is 10.9 Å². The van der Waals surface area contributed by atoms with Gasteiger partial charge in [0.15, 0.2) is 0 Å². The molecule has 1 heterocycles. The Bertz CT molecular complexity index is 590. The average Bonchev–Trinajstić information content (AvgIpc) is 2.73. The Morgan fingerprint density at radius 1 is 1.39 bits per heavy atom. The van der Waals surface area contributed by atoms with E-state index in [1.54, 1.807) is 7.11 Å². The van der Waals surface area contributed by atoms with Gasteiger partial charge in [0.1, 0.15) is 17.1 Å². The highest BCUT2D eigenvalue weighted by atomic mass is 79.9. The molecule has 0 atom stereocenters. The second kappa shape index (κ2) is 5.23. The lowest BCUT2D eigenvalue weighted by Gasteiger charge is -2.09. The first-order valence-corrected chi connectivity index (χ1v) is 7.27. The molecule has 0 unspecified atom stereocenters. The molecule has 0 saturated carbocycles. The molecule has 1 aromatic heterocycles. The number of hydrogen-bond donors (Lipinski definition) is 1. The first-order valence-electron chi connectivity index (χ1n) is 5.68. The minimum atomic E-state index is 0.333. The number of hydrogen-bond acceptors (Lipinski definition) is 3. The third kappa shape index (κ3) is 2.08. The van der Waals surface area contributed by atoms with Gasteiger partial charge in [-0.15, -0.1) is 0 Å². The van der Waals surface area contributed by atoms with Crippen LogP contribution in [0.3, 0.4) is 0 Å². The Kier molecular flexibility index (Phi) is 4.04. The van der Waals surface area contributed by atoms with Crippen molar-refractivity contribution in [2.45, 2.75) is 26.3 Å². The number of rotatable bonds is 3. The van der Waals surface area contributed by atoms with E-state index in [1.807, 2.05) is 6.07 Å². The lowest BCUT2D eigenvalue weighted by Crippen LogP contribution is -2.00. The van der Waals surface area contributed by atoms with Gasteiger partial charge in [-0.1, -0.05) is 13.8 Å². The molecule has 0 aliphatic heterocycles. The van der Waals surface area contributed by atoms with E-state index >= 15 is 0 Å². The van der Waals surface area contributed by atoms with Gasteiger partial charge in [-0.2, -0.15) is 0 Å². The highest BCUT2D eigenvalue weighted by Crippen LogP contribution is 2.44. The molecule has 2 rings (SSSR count). The number of methoxy groups -OCH3 is 1. The summed E-state index contributed by atoms with van der Waals surface area (Å²) in [5.74, 6) is 1.94. The SMILES string of the molecule is COc1cc(Br)c2oc(CN)c(C(C)C)c2c1Br. The van der Waals surface area contributed by atoms with Crippen LogP contribution in [-0.4, -0.2) is 7.11 Å². The maximum Gasteiger partial charge on any atom is 0.150 e. The summed E-state index contributed by atoms with van der Waals surface area (Å²) >= 11 is 7.10. The van der Waals surface area contributed by atoms with Crippen LogP contribution in [0.5, 0.6) is 5.75 Å². The van der Waals surface area contributed by atoms with Crippen LogP contribution in [0.1, 0.15) is 31.1 Å². The number of halogens is 2. The van der Waals surface area contributed by atoms with Gasteiger partial charge in [-0.05, 0) is 43.8 Å². The largest absolute Gasteiger partial charge is 0.496 e. The van der Waals surface area contributed by atoms with Crippen LogP contribution < -0.4 is 10.5 Å². The average molecular weight is 377 g/mol. The van der Waals surface area contributed by atoms with Crippen LogP contribution in [-0.2, 0) is 6.54 Å². The first kappa shape index (κ1) is 13.9. The standard InChI is InChI=1S/C13H15Br2NO2/c1-6(2)10-9(5-16)18-13-7(14)4-8(17-3)12(15)11(10)13/h4,6H,5,16H2,1-3H3. The maximum atomic E-state index is 5.86. The third-order valence-electron chi connectivity index (χ3n) is 2.92. The quantitative estimate of drug-likeness (QED) is 0.854. The molecule has 0 fully saturated rings. The van der Waals surface area contributed by atoms with Crippen LogP contribution in [0.4, 0.5) is 0 Å². The molecular formula is C13H15Br2NO2. The van der Waals surface area contributed by atoms with Crippen LogP contribution in [0.15, 0.2) is 19.4 Å². The molecule has 0 spiro atoms. The molecule has 1 aromatic carbocycles. The Morgan fingerprint density at radius 2 is 2.06 bits per heavy atom. The Hall–Kier alpha value is -0.520. The molecule has 3 nitrogen and oxygen atoms in total. The fourth-order valence-electron chi connectivity index (χ4n) is 2.16. The van der Waals surface area contributed by atoms with Gasteiger partial charge >= 0.3 is 0 Å². The van der Waals surface area contributed by atoms with Crippen molar-refractivity contribution in [2.24, 2.45) is 5.73 Å². The lowest BCUT2D eigenvalue weighted by molar-refractivity contribution is 0.412. The maximum absolute atomic E-state index is 5.86. The van der Waals surface area contributed by atoms with E-state index in [-0.39, 0.29) is 0 Å². The number of ether oxygens (including phenoxy) is 1. The zero-order chi connectivity index (χ0) is 13.4. The molecule has 0 radical (unpaired) electrons. The van der Waals surface area contributed by atoms with Crippen LogP contribution in [0.2, 0.25) is 0 Å². The van der Waals surface area contributed by atoms with Crippen molar-refractivity contribution in [1.29, 1.82) is 0 Å². The summed E-state index contributed by atoms with van der Waals surface area (Å²) in [6, 6.07) is 1.89. The third-order valence-corrected chi connectivity index (χ3v) is 4.29. The topological polar surface area (TPSA) is 48.4 Å². The molecule has 0 bridgehead atoms. The highest BCUT2D eigenvalue weighted by molar-refractivity contribution is 9.11. The summed E-state index contributed by atoms with van der Waals surface area (Å²) in [6.07, 6.45) is 0. The van der Waals surface area contributed by atoms with Crippen molar-refractivity contribution in [1.82, 2.24) is 0 Å². The fourth-order valence-corrected chi connectivity index (χ4v) is 3.31. The van der Waals surface area contributed by atoms with Gasteiger partial charge in [0.25, 0.3) is 0 Å². The lowest BCUT2D eigenvalue weighted by atomic mass is 9.99. The summed E-state index contributed by atoms with van der Waals surface area (Å²) in [5.41, 5.74) is 7.72. The fraction of sp³-hybridized carbons (Fsp3) is 0.385. The minimum Gasteiger partial charge on any atom is -0.496 e. The highest BCUT2D eigenvalue weighted by Gasteiger charge is 2.22. The van der Waals surface area contributed by atoms with E-state index in [0.717, 1.165) is 37.0 Å². The number of benzene rings is 1. The van der Waals surface area contributed by atoms with Crippen molar-refractivity contribution in [2.75, 3.05) is 7.11 Å². The molecule has 0 aliphatic rings. The predicted molar refractivity (Wildman–Crippen MR) is 80.1 cm³/mol. The summed E-state index contributed by atoms with van der Waals surface area (Å²) in [5, 5.41) is 1.04. The van der Waals surface area contributed by atoms with Crippen molar-refractivity contribution >= 4 is 42.8 Å². The van der Waals surface area contributed by atoms with Gasteiger partial charge in [-0.25, -0.2) is 0 Å². The molecular weight excluding hydrogens is 362 g/mol. The zero-order valence-electron chi connectivity index (χ0n) is 10.5. The molecule has 0 amide bonds. The number of nitrogens with two attached hydrogens (primary N) is 1. The van der Waals surface area contributed by atoms with Gasteiger partial charge in [0.05, 0.1) is 22.6 Å². The smallest absolute Gasteiger partial charge is 0.150 e. The zero-order valence-corrected chi connectivity index (χ0v) is 13.7. The molecule has 98 valence electrons. The molecule has 18 heavy (non-hydrogen) atoms. The second-order valence-electron chi connectivity index (χ2n) is 4.38. The van der Waals surface area contributed by atoms with Gasteiger partial charge < -0.3 is 14.9 Å². The Balaban J connectivity index is 2.91. The summed E-state index contributed by atoms with van der Waals surface area (Å²) in [7, 11) is 1.65. The Morgan fingerprint density at radius 3 is 2.56 bits per heavy atom. The molecule has 0 aliphatic carbocycles. The minimum absolute atomic E-state index is 0.333. The predicted octanol–water partition coefficient (Wildman–Crippen LogP) is 4.55. The number of furan rings is 1. The van der Waals surface area contributed by atoms with Gasteiger partial charge in [0.2, 0.25) is 0 Å². The summed E-state index contributed by atoms with van der Waals surface area (Å²) < 4.78 is 13.0. The number of fused-ring (bicyclic) bond motifs is 1. The van der Waals surface area contributed by atoms with Crippen LogP contribution in [0.25, 0.3) is 11.0 Å². The van der Waals surface area contributed by atoms with Crippen molar-refractivity contribution in [3.63, 3.8) is 0 Å². The van der Waals surface area contributed by atoms with E-state index in [4.69, 9.17) is 14.9 Å². The second-order valence-corrected chi connectivity index (χ2v) is 6.02. The molecule has 0 saturated heterocycles. The van der Waals surface area contributed by atoms with Crippen molar-refractivity contribution in [3.8, 4) is 5.75 Å². The van der Waals surface area contributed by atoms with E-state index in [0.29, 0.717) is 12.5 Å². The van der Waals surface area contributed by atoms with E-state index in [1.165, 1.54) is 0 Å². The van der Waals surface area contributed by atoms with Crippen molar-refractivity contribution in [3.05, 3.63) is 26.3 Å². The summed E-state index contributed by atoms with van der Waals surface area (Å²) in [4.78, 5) is 0. The van der Waals surface area contributed by atoms with Crippen LogP contribution >= 0.6 is 31.9 Å². The molecule has 2 aromatic rings. The van der Waals surface area contributed by atoms with Gasteiger partial charge in [-0.3, -0.25) is 0 Å². The monoisotopic (exact) mass is 375 g/mol. The first-order chi connectivity index (χ1) is 8.51. The van der Waals surface area contributed by atoms with Crippen LogP contribution in [0, 0.1) is 0 Å². The Labute approximate surface area is 123 Å². The molecule has 5 heteroatoms. The van der Waals surface area contributed by atoms with Crippen molar-refractivity contribution < 1.29 is 9.15 Å². The van der Waals surface area contributed by atoms with E-state index < -0.39 is 0 Å².